The third kappa shape index (κ3) is 1.81. The lowest BCUT2D eigenvalue weighted by Crippen LogP contribution is -2.57. The molecule has 3 heterocycles. The Hall–Kier alpha value is -1.40. The van der Waals surface area contributed by atoms with Gasteiger partial charge in [0.15, 0.2) is 0 Å². The summed E-state index contributed by atoms with van der Waals surface area (Å²) in [5.41, 5.74) is 0.862. The van der Waals surface area contributed by atoms with Crippen LogP contribution < -0.4 is 10.6 Å². The van der Waals surface area contributed by atoms with E-state index in [4.69, 9.17) is 0 Å². The molecule has 1 aromatic heterocycles. The number of carbonyl (C=O) groups is 1. The summed E-state index contributed by atoms with van der Waals surface area (Å²) in [6, 6.07) is -0.0939. The number of carbonyl (C=O) groups excluding carboxylic acids is 1. The van der Waals surface area contributed by atoms with Gasteiger partial charge in [-0.25, -0.2) is 4.98 Å². The normalized spacial score (nSPS) is 27.6. The van der Waals surface area contributed by atoms with Crippen LogP contribution in [0.15, 0.2) is 12.5 Å². The van der Waals surface area contributed by atoms with Crippen LogP contribution in [0.25, 0.3) is 0 Å². The minimum absolute atomic E-state index is 0.0939. The summed E-state index contributed by atoms with van der Waals surface area (Å²) in [6.07, 6.45) is 6.07. The van der Waals surface area contributed by atoms with Crippen molar-refractivity contribution in [3.63, 3.8) is 0 Å². The third-order valence-corrected chi connectivity index (χ3v) is 4.20. The molecule has 1 atom stereocenters. The van der Waals surface area contributed by atoms with E-state index in [0.717, 1.165) is 31.6 Å². The minimum atomic E-state index is -0.146. The molecule has 2 aliphatic rings. The maximum Gasteiger partial charge on any atom is 0.239 e. The van der Waals surface area contributed by atoms with Crippen LogP contribution in [0.1, 0.15) is 18.5 Å². The molecule has 3 rings (SSSR count). The van der Waals surface area contributed by atoms with Gasteiger partial charge in [0.2, 0.25) is 5.91 Å². The number of H-pyrrole nitrogens is 1. The number of nitrogens with zero attached hydrogens (tertiary/aromatic N) is 2. The molecule has 1 aromatic rings. The van der Waals surface area contributed by atoms with Gasteiger partial charge in [0.1, 0.15) is 0 Å². The number of amides is 1. The third-order valence-electron chi connectivity index (χ3n) is 4.20. The van der Waals surface area contributed by atoms with E-state index in [1.165, 1.54) is 0 Å². The number of likely N-dealkylation sites (N-methyl/N-ethyl adjacent to an activating group) is 1. The van der Waals surface area contributed by atoms with E-state index < -0.39 is 0 Å². The Balaban J connectivity index is 1.77. The fourth-order valence-corrected chi connectivity index (χ4v) is 3.03. The van der Waals surface area contributed by atoms with Crippen molar-refractivity contribution in [3.05, 3.63) is 18.2 Å². The predicted molar refractivity (Wildman–Crippen MR) is 66.8 cm³/mol. The zero-order chi connectivity index (χ0) is 12.6. The molecule has 18 heavy (non-hydrogen) atoms. The lowest BCUT2D eigenvalue weighted by molar-refractivity contribution is -0.121. The Kier molecular flexibility index (Phi) is 2.83. The van der Waals surface area contributed by atoms with Gasteiger partial charge in [0.05, 0.1) is 18.0 Å². The highest BCUT2D eigenvalue weighted by Crippen LogP contribution is 2.30. The van der Waals surface area contributed by atoms with E-state index in [9.17, 15) is 4.79 Å². The Labute approximate surface area is 106 Å². The average Bonchev–Trinajstić information content (AvgIpc) is 2.95. The first kappa shape index (κ1) is 11.7. The fraction of sp³-hybridized carbons (Fsp3) is 0.667. The lowest BCUT2D eigenvalue weighted by Gasteiger charge is -2.40. The van der Waals surface area contributed by atoms with Crippen LogP contribution in [0.5, 0.6) is 0 Å². The summed E-state index contributed by atoms with van der Waals surface area (Å²) in [5, 5.41) is 6.53. The number of hydrogen-bond donors (Lipinski definition) is 3. The molecule has 98 valence electrons. The fourth-order valence-electron chi connectivity index (χ4n) is 3.03. The number of nitrogens with one attached hydrogen (secondary N) is 3. The molecule has 0 bridgehead atoms. The Bertz CT molecular complexity index is 424. The van der Waals surface area contributed by atoms with Gasteiger partial charge in [-0.05, 0) is 33.0 Å². The molecule has 0 radical (unpaired) electrons. The molecule has 2 fully saturated rings. The van der Waals surface area contributed by atoms with Crippen molar-refractivity contribution in [2.24, 2.45) is 0 Å². The van der Waals surface area contributed by atoms with Gasteiger partial charge in [-0.3, -0.25) is 9.69 Å². The van der Waals surface area contributed by atoms with Gasteiger partial charge in [-0.2, -0.15) is 0 Å². The number of aromatic amines is 1. The Morgan fingerprint density at radius 3 is 2.94 bits per heavy atom. The van der Waals surface area contributed by atoms with Gasteiger partial charge in [0, 0.05) is 18.3 Å². The monoisotopic (exact) mass is 249 g/mol. The first-order valence-electron chi connectivity index (χ1n) is 6.44. The molecule has 0 saturated carbocycles. The molecular formula is C12H19N5O. The molecule has 3 N–H and O–H groups in total. The van der Waals surface area contributed by atoms with Crippen molar-refractivity contribution in [1.29, 1.82) is 0 Å². The van der Waals surface area contributed by atoms with Gasteiger partial charge >= 0.3 is 0 Å². The maximum atomic E-state index is 12.2. The highest BCUT2D eigenvalue weighted by molar-refractivity contribution is 5.85. The molecular weight excluding hydrogens is 230 g/mol. The highest BCUT2D eigenvalue weighted by atomic mass is 16.2. The van der Waals surface area contributed by atoms with Gasteiger partial charge < -0.3 is 15.6 Å². The average molecular weight is 249 g/mol. The van der Waals surface area contributed by atoms with Crippen LogP contribution in [0, 0.1) is 0 Å². The molecule has 0 aliphatic carbocycles. The van der Waals surface area contributed by atoms with Crippen LogP contribution in [0.3, 0.4) is 0 Å². The van der Waals surface area contributed by atoms with Crippen molar-refractivity contribution >= 4 is 5.91 Å². The number of aromatic nitrogens is 2. The van der Waals surface area contributed by atoms with Crippen LogP contribution in [-0.4, -0.2) is 52.6 Å². The Morgan fingerprint density at radius 1 is 1.50 bits per heavy atom. The number of piperidine rings is 1. The van der Waals surface area contributed by atoms with E-state index in [-0.39, 0.29) is 17.6 Å². The van der Waals surface area contributed by atoms with Crippen molar-refractivity contribution in [1.82, 2.24) is 25.5 Å². The number of rotatable bonds is 2. The first-order valence-corrected chi connectivity index (χ1v) is 6.44. The van der Waals surface area contributed by atoms with Crippen LogP contribution in [0.4, 0.5) is 0 Å². The first-order chi connectivity index (χ1) is 8.71. The Morgan fingerprint density at radius 2 is 2.28 bits per heavy atom. The van der Waals surface area contributed by atoms with Crippen LogP contribution in [0.2, 0.25) is 0 Å². The molecule has 2 aliphatic heterocycles. The highest BCUT2D eigenvalue weighted by Gasteiger charge is 2.48. The van der Waals surface area contributed by atoms with Crippen molar-refractivity contribution in [2.45, 2.75) is 31.0 Å². The summed E-state index contributed by atoms with van der Waals surface area (Å²) in [5.74, 6) is 0.133. The van der Waals surface area contributed by atoms with Crippen LogP contribution in [-0.2, 0) is 11.2 Å². The van der Waals surface area contributed by atoms with Crippen molar-refractivity contribution < 1.29 is 4.79 Å². The second-order valence-corrected chi connectivity index (χ2v) is 5.18. The molecule has 2 saturated heterocycles. The predicted octanol–water partition coefficient (Wildman–Crippen LogP) is -0.538. The van der Waals surface area contributed by atoms with E-state index >= 15 is 0 Å². The standard InChI is InChI=1S/C12H19N5O/c1-17-10(6-9-7-14-8-15-9)11(18)16-12(17)2-4-13-5-3-12/h7-8,10,13H,2-6H2,1H3,(H,14,15)(H,16,18). The zero-order valence-electron chi connectivity index (χ0n) is 10.6. The summed E-state index contributed by atoms with van der Waals surface area (Å²) < 4.78 is 0. The van der Waals surface area contributed by atoms with Gasteiger partial charge in [0.25, 0.3) is 0 Å². The lowest BCUT2D eigenvalue weighted by atomic mass is 9.97. The summed E-state index contributed by atoms with van der Waals surface area (Å²) in [6.45, 7) is 1.92. The number of hydrogen-bond acceptors (Lipinski definition) is 4. The van der Waals surface area contributed by atoms with E-state index in [1.54, 1.807) is 12.5 Å². The van der Waals surface area contributed by atoms with Crippen molar-refractivity contribution in [2.75, 3.05) is 20.1 Å². The molecule has 1 unspecified atom stereocenters. The minimum Gasteiger partial charge on any atom is -0.348 e. The summed E-state index contributed by atoms with van der Waals surface area (Å²) >= 11 is 0. The molecule has 6 nitrogen and oxygen atoms in total. The second kappa shape index (κ2) is 4.37. The molecule has 1 spiro atoms. The zero-order valence-corrected chi connectivity index (χ0v) is 10.6. The van der Waals surface area contributed by atoms with Crippen molar-refractivity contribution in [3.8, 4) is 0 Å². The van der Waals surface area contributed by atoms with E-state index in [0.29, 0.717) is 6.42 Å². The SMILES string of the molecule is CN1C(Cc2cnc[nH]2)C(=O)NC12CCNCC2. The van der Waals surface area contributed by atoms with Gasteiger partial charge in [-0.15, -0.1) is 0 Å². The topological polar surface area (TPSA) is 73.0 Å². The second-order valence-electron chi connectivity index (χ2n) is 5.18. The number of imidazole rings is 1. The van der Waals surface area contributed by atoms with Gasteiger partial charge in [-0.1, -0.05) is 0 Å². The van der Waals surface area contributed by atoms with E-state index in [2.05, 4.69) is 25.5 Å². The largest absolute Gasteiger partial charge is 0.348 e. The summed E-state index contributed by atoms with van der Waals surface area (Å²) in [7, 11) is 2.05. The molecule has 1 amide bonds. The van der Waals surface area contributed by atoms with E-state index in [1.807, 2.05) is 7.05 Å². The maximum absolute atomic E-state index is 12.2. The quantitative estimate of drug-likeness (QED) is 0.658. The smallest absolute Gasteiger partial charge is 0.239 e. The molecule has 0 aromatic carbocycles. The summed E-state index contributed by atoms with van der Waals surface area (Å²) in [4.78, 5) is 21.5. The molecule has 6 heteroatoms. The van der Waals surface area contributed by atoms with Crippen LogP contribution >= 0.6 is 0 Å².